The molecule has 1 amide bonds. The molecule has 0 radical (unpaired) electrons. The van der Waals surface area contributed by atoms with E-state index in [4.69, 9.17) is 4.74 Å². The summed E-state index contributed by atoms with van der Waals surface area (Å²) in [6.45, 7) is 0. The molecule has 0 saturated carbocycles. The molecule has 4 aromatic rings. The number of ether oxygens (including phenoxy) is 1. The van der Waals surface area contributed by atoms with Crippen molar-refractivity contribution in [3.8, 4) is 22.8 Å². The third-order valence-electron chi connectivity index (χ3n) is 4.45. The summed E-state index contributed by atoms with van der Waals surface area (Å²) in [7, 11) is 1.47. The van der Waals surface area contributed by atoms with Crippen molar-refractivity contribution in [3.05, 3.63) is 78.0 Å². The summed E-state index contributed by atoms with van der Waals surface area (Å²) in [6, 6.07) is 20.6. The number of rotatable bonds is 5. The molecule has 0 unspecified atom stereocenters. The van der Waals surface area contributed by atoms with Crippen LogP contribution in [0, 0.1) is 0 Å². The molecule has 7 heteroatoms. The number of carbonyl (C=O) groups excluding carboxylic acids is 1. The fourth-order valence-electron chi connectivity index (χ4n) is 2.95. The van der Waals surface area contributed by atoms with Gasteiger partial charge in [-0.2, -0.15) is 10.2 Å². The Hall–Kier alpha value is -4.13. The molecule has 0 aliphatic rings. The lowest BCUT2D eigenvalue weighted by Crippen LogP contribution is -2.17. The number of hydrazone groups is 1. The van der Waals surface area contributed by atoms with Gasteiger partial charge in [0.2, 0.25) is 0 Å². The Morgan fingerprint density at radius 1 is 1.10 bits per heavy atom. The Morgan fingerprint density at radius 3 is 2.72 bits per heavy atom. The topological polar surface area (TPSA) is 99.6 Å². The van der Waals surface area contributed by atoms with Gasteiger partial charge < -0.3 is 9.84 Å². The van der Waals surface area contributed by atoms with Crippen molar-refractivity contribution in [2.45, 2.75) is 0 Å². The van der Waals surface area contributed by atoms with Gasteiger partial charge >= 0.3 is 0 Å². The largest absolute Gasteiger partial charge is 0.504 e. The van der Waals surface area contributed by atoms with Crippen molar-refractivity contribution in [2.75, 3.05) is 7.11 Å². The Kier molecular flexibility index (Phi) is 4.94. The minimum atomic E-state index is -0.418. The van der Waals surface area contributed by atoms with E-state index in [1.54, 1.807) is 18.2 Å². The van der Waals surface area contributed by atoms with Gasteiger partial charge in [0, 0.05) is 5.56 Å². The van der Waals surface area contributed by atoms with Gasteiger partial charge in [-0.25, -0.2) is 5.43 Å². The first kappa shape index (κ1) is 18.2. The van der Waals surface area contributed by atoms with Crippen LogP contribution in [0.25, 0.3) is 22.0 Å². The number of fused-ring (bicyclic) bond motifs is 1. The molecule has 0 atom stereocenters. The standard InChI is InChI=1S/C22H18N4O3/c1-29-21-9-6-14(10-20(21)27)13-23-26-22(28)19-12-18(24-25-19)17-8-7-15-4-2-3-5-16(15)11-17/h2-13,27H,1H3,(H,24,25)(H,26,28)/b23-13+. The molecule has 3 aromatic carbocycles. The molecule has 0 aliphatic carbocycles. The Bertz CT molecular complexity index is 1210. The van der Waals surface area contributed by atoms with E-state index in [1.807, 2.05) is 42.5 Å². The molecule has 0 aliphatic heterocycles. The van der Waals surface area contributed by atoms with Gasteiger partial charge in [-0.15, -0.1) is 0 Å². The first-order valence-electron chi connectivity index (χ1n) is 8.89. The number of hydrogen-bond acceptors (Lipinski definition) is 5. The zero-order valence-electron chi connectivity index (χ0n) is 15.6. The average molecular weight is 386 g/mol. The lowest BCUT2D eigenvalue weighted by Gasteiger charge is -2.03. The number of aromatic amines is 1. The summed E-state index contributed by atoms with van der Waals surface area (Å²) < 4.78 is 4.99. The first-order valence-corrected chi connectivity index (χ1v) is 8.89. The quantitative estimate of drug-likeness (QED) is 0.360. The first-order chi connectivity index (χ1) is 14.1. The molecule has 144 valence electrons. The predicted octanol–water partition coefficient (Wildman–Crippen LogP) is 3.71. The summed E-state index contributed by atoms with van der Waals surface area (Å²) in [4.78, 5) is 12.3. The Morgan fingerprint density at radius 2 is 1.93 bits per heavy atom. The monoisotopic (exact) mass is 386 g/mol. The summed E-state index contributed by atoms with van der Waals surface area (Å²) in [5.74, 6) is -0.0558. The van der Waals surface area contributed by atoms with Gasteiger partial charge in [0.05, 0.1) is 19.0 Å². The van der Waals surface area contributed by atoms with E-state index in [-0.39, 0.29) is 5.75 Å². The van der Waals surface area contributed by atoms with E-state index in [9.17, 15) is 9.90 Å². The Labute approximate surface area is 166 Å². The molecular weight excluding hydrogens is 368 g/mol. The van der Waals surface area contributed by atoms with Crippen LogP contribution in [0.15, 0.2) is 71.8 Å². The van der Waals surface area contributed by atoms with Crippen LogP contribution < -0.4 is 10.2 Å². The van der Waals surface area contributed by atoms with Gasteiger partial charge in [0.25, 0.3) is 5.91 Å². The fraction of sp³-hybridized carbons (Fsp3) is 0.0455. The second-order valence-electron chi connectivity index (χ2n) is 6.36. The van der Waals surface area contributed by atoms with E-state index < -0.39 is 5.91 Å². The lowest BCUT2D eigenvalue weighted by atomic mass is 10.1. The van der Waals surface area contributed by atoms with Crippen LogP contribution in [-0.2, 0) is 0 Å². The average Bonchev–Trinajstić information content (AvgIpc) is 3.24. The van der Waals surface area contributed by atoms with Crippen LogP contribution in [0.3, 0.4) is 0 Å². The predicted molar refractivity (Wildman–Crippen MR) is 111 cm³/mol. The number of phenols is 1. The van der Waals surface area contributed by atoms with Gasteiger partial charge in [0.1, 0.15) is 5.69 Å². The van der Waals surface area contributed by atoms with Crippen molar-refractivity contribution in [2.24, 2.45) is 5.10 Å². The highest BCUT2D eigenvalue weighted by Gasteiger charge is 2.11. The molecule has 0 spiro atoms. The number of nitrogens with zero attached hydrogens (tertiary/aromatic N) is 2. The third kappa shape index (κ3) is 3.93. The van der Waals surface area contributed by atoms with Crippen molar-refractivity contribution in [1.29, 1.82) is 0 Å². The van der Waals surface area contributed by atoms with E-state index in [1.165, 1.54) is 19.4 Å². The number of aromatic hydroxyl groups is 1. The summed E-state index contributed by atoms with van der Waals surface area (Å²) >= 11 is 0. The molecule has 0 bridgehead atoms. The number of aromatic nitrogens is 2. The van der Waals surface area contributed by atoms with Crippen molar-refractivity contribution in [3.63, 3.8) is 0 Å². The zero-order chi connectivity index (χ0) is 20.2. The van der Waals surface area contributed by atoms with E-state index in [2.05, 4.69) is 20.7 Å². The number of phenolic OH excluding ortho intramolecular Hbond substituents is 1. The van der Waals surface area contributed by atoms with Crippen LogP contribution in [0.1, 0.15) is 16.1 Å². The van der Waals surface area contributed by atoms with Gasteiger partial charge in [-0.05, 0) is 46.7 Å². The van der Waals surface area contributed by atoms with Crippen molar-refractivity contribution >= 4 is 22.9 Å². The summed E-state index contributed by atoms with van der Waals surface area (Å²) in [5, 5.41) is 22.9. The number of benzene rings is 3. The van der Waals surface area contributed by atoms with Crippen LogP contribution in [0.5, 0.6) is 11.5 Å². The minimum Gasteiger partial charge on any atom is -0.504 e. The van der Waals surface area contributed by atoms with Gasteiger partial charge in [0.15, 0.2) is 11.5 Å². The highest BCUT2D eigenvalue weighted by Crippen LogP contribution is 2.25. The zero-order valence-corrected chi connectivity index (χ0v) is 15.6. The molecule has 3 N–H and O–H groups in total. The second-order valence-corrected chi connectivity index (χ2v) is 6.36. The molecule has 4 rings (SSSR count). The SMILES string of the molecule is COc1ccc(/C=N/NC(=O)c2cc(-c3ccc4ccccc4c3)n[nH]2)cc1O. The summed E-state index contributed by atoms with van der Waals surface area (Å²) in [6.07, 6.45) is 1.43. The molecule has 0 saturated heterocycles. The van der Waals surface area contributed by atoms with Crippen molar-refractivity contribution in [1.82, 2.24) is 15.6 Å². The maximum Gasteiger partial charge on any atom is 0.289 e. The highest BCUT2D eigenvalue weighted by molar-refractivity contribution is 5.94. The van der Waals surface area contributed by atoms with E-state index >= 15 is 0 Å². The van der Waals surface area contributed by atoms with Crippen LogP contribution >= 0.6 is 0 Å². The molecule has 29 heavy (non-hydrogen) atoms. The third-order valence-corrected chi connectivity index (χ3v) is 4.45. The normalized spacial score (nSPS) is 11.1. The maximum absolute atomic E-state index is 12.3. The number of carbonyl (C=O) groups is 1. The van der Waals surface area contributed by atoms with Crippen LogP contribution in [-0.4, -0.2) is 34.5 Å². The minimum absolute atomic E-state index is 0.00336. The number of H-pyrrole nitrogens is 1. The molecular formula is C22H18N4O3. The smallest absolute Gasteiger partial charge is 0.289 e. The number of amides is 1. The lowest BCUT2D eigenvalue weighted by molar-refractivity contribution is 0.0950. The van der Waals surface area contributed by atoms with Gasteiger partial charge in [-0.1, -0.05) is 36.4 Å². The van der Waals surface area contributed by atoms with Crippen molar-refractivity contribution < 1.29 is 14.6 Å². The summed E-state index contributed by atoms with van der Waals surface area (Å²) in [5.41, 5.74) is 4.93. The molecule has 0 fully saturated rings. The maximum atomic E-state index is 12.3. The molecule has 7 nitrogen and oxygen atoms in total. The van der Waals surface area contributed by atoms with E-state index in [0.29, 0.717) is 22.7 Å². The molecule has 1 aromatic heterocycles. The van der Waals surface area contributed by atoms with Crippen LogP contribution in [0.4, 0.5) is 0 Å². The fourth-order valence-corrected chi connectivity index (χ4v) is 2.95. The Balaban J connectivity index is 1.46. The highest BCUT2D eigenvalue weighted by atomic mass is 16.5. The molecule has 1 heterocycles. The second kappa shape index (κ2) is 7.85. The number of methoxy groups -OCH3 is 1. The number of hydrogen-bond donors (Lipinski definition) is 3. The van der Waals surface area contributed by atoms with E-state index in [0.717, 1.165) is 16.3 Å². The van der Waals surface area contributed by atoms with Crippen LogP contribution in [0.2, 0.25) is 0 Å². The van der Waals surface area contributed by atoms with Gasteiger partial charge in [-0.3, -0.25) is 9.89 Å². The number of nitrogens with one attached hydrogen (secondary N) is 2.